The largest absolute Gasteiger partial charge is 0.496 e. The van der Waals surface area contributed by atoms with E-state index in [1.54, 1.807) is 7.11 Å². The van der Waals surface area contributed by atoms with Gasteiger partial charge in [-0.1, -0.05) is 48.5 Å². The van der Waals surface area contributed by atoms with Crippen molar-refractivity contribution in [2.24, 2.45) is 0 Å². The van der Waals surface area contributed by atoms with E-state index in [0.29, 0.717) is 13.1 Å². The fraction of sp³-hybridized carbons (Fsp3) is 0.316. The van der Waals surface area contributed by atoms with E-state index < -0.39 is 0 Å². The Labute approximate surface area is 136 Å². The summed E-state index contributed by atoms with van der Waals surface area (Å²) < 4.78 is 5.29. The quantitative estimate of drug-likeness (QED) is 0.860. The van der Waals surface area contributed by atoms with E-state index in [1.807, 2.05) is 30.3 Å². The molecule has 120 valence electrons. The summed E-state index contributed by atoms with van der Waals surface area (Å²) in [6.07, 6.45) is 2.26. The molecular weight excluding hydrogens is 288 g/mol. The van der Waals surface area contributed by atoms with Gasteiger partial charge < -0.3 is 15.4 Å². The molecule has 0 spiro atoms. The summed E-state index contributed by atoms with van der Waals surface area (Å²) in [7, 11) is 1.63. The van der Waals surface area contributed by atoms with Crippen molar-refractivity contribution in [2.75, 3.05) is 13.7 Å². The highest BCUT2D eigenvalue weighted by Crippen LogP contribution is 2.47. The van der Waals surface area contributed by atoms with Crippen LogP contribution in [0.4, 0.5) is 4.79 Å². The van der Waals surface area contributed by atoms with Gasteiger partial charge in [0, 0.05) is 24.1 Å². The van der Waals surface area contributed by atoms with Gasteiger partial charge >= 0.3 is 6.03 Å². The van der Waals surface area contributed by atoms with Crippen molar-refractivity contribution in [3.8, 4) is 5.75 Å². The van der Waals surface area contributed by atoms with Gasteiger partial charge in [-0.15, -0.1) is 0 Å². The lowest BCUT2D eigenvalue weighted by atomic mass is 9.96. The zero-order valence-corrected chi connectivity index (χ0v) is 13.3. The third kappa shape index (κ3) is 3.65. The first-order valence-corrected chi connectivity index (χ1v) is 7.93. The van der Waals surface area contributed by atoms with E-state index >= 15 is 0 Å². The molecular formula is C19H22N2O2. The number of urea groups is 1. The molecule has 4 heteroatoms. The molecule has 1 aliphatic carbocycles. The van der Waals surface area contributed by atoms with Crippen molar-refractivity contribution in [2.45, 2.75) is 24.8 Å². The molecule has 0 unspecified atom stereocenters. The van der Waals surface area contributed by atoms with Crippen LogP contribution in [0, 0.1) is 0 Å². The first-order valence-electron chi connectivity index (χ1n) is 7.93. The monoisotopic (exact) mass is 310 g/mol. The number of benzene rings is 2. The van der Waals surface area contributed by atoms with E-state index in [2.05, 4.69) is 34.9 Å². The topological polar surface area (TPSA) is 50.4 Å². The maximum absolute atomic E-state index is 12.1. The molecule has 0 bridgehead atoms. The van der Waals surface area contributed by atoms with Crippen LogP contribution in [-0.2, 0) is 12.0 Å². The number of para-hydroxylation sites is 1. The molecule has 3 rings (SSSR count). The smallest absolute Gasteiger partial charge is 0.315 e. The average Bonchev–Trinajstić information content (AvgIpc) is 3.40. The fourth-order valence-electron chi connectivity index (χ4n) is 2.85. The molecule has 0 saturated heterocycles. The lowest BCUT2D eigenvalue weighted by Crippen LogP contribution is -2.39. The van der Waals surface area contributed by atoms with Crippen molar-refractivity contribution < 1.29 is 9.53 Å². The molecule has 1 aliphatic rings. The number of carbonyl (C=O) groups is 1. The van der Waals surface area contributed by atoms with E-state index in [1.165, 1.54) is 5.56 Å². The van der Waals surface area contributed by atoms with Crippen LogP contribution in [0.5, 0.6) is 5.75 Å². The Morgan fingerprint density at radius 3 is 2.43 bits per heavy atom. The minimum absolute atomic E-state index is 0.128. The molecule has 2 N–H and O–H groups in total. The Bertz CT molecular complexity index is 666. The predicted molar refractivity (Wildman–Crippen MR) is 90.6 cm³/mol. The van der Waals surface area contributed by atoms with Crippen LogP contribution in [0.2, 0.25) is 0 Å². The summed E-state index contributed by atoms with van der Waals surface area (Å²) in [4.78, 5) is 12.1. The Morgan fingerprint density at radius 2 is 1.74 bits per heavy atom. The predicted octanol–water partition coefficient (Wildman–Crippen LogP) is 3.23. The van der Waals surface area contributed by atoms with Crippen molar-refractivity contribution in [1.82, 2.24) is 10.6 Å². The van der Waals surface area contributed by atoms with Crippen molar-refractivity contribution in [1.29, 1.82) is 0 Å². The minimum Gasteiger partial charge on any atom is -0.496 e. The van der Waals surface area contributed by atoms with Crippen LogP contribution in [0.25, 0.3) is 0 Å². The lowest BCUT2D eigenvalue weighted by Gasteiger charge is -2.17. The third-order valence-corrected chi connectivity index (χ3v) is 4.46. The van der Waals surface area contributed by atoms with Gasteiger partial charge in [0.1, 0.15) is 5.75 Å². The fourth-order valence-corrected chi connectivity index (χ4v) is 2.85. The number of nitrogens with one attached hydrogen (secondary N) is 2. The summed E-state index contributed by atoms with van der Waals surface area (Å²) in [5.74, 6) is 0.788. The molecule has 1 saturated carbocycles. The molecule has 2 amide bonds. The molecule has 0 radical (unpaired) electrons. The summed E-state index contributed by atoms with van der Waals surface area (Å²) in [5, 5.41) is 5.90. The van der Waals surface area contributed by atoms with Crippen LogP contribution < -0.4 is 15.4 Å². The number of rotatable bonds is 6. The van der Waals surface area contributed by atoms with Crippen molar-refractivity contribution in [3.05, 3.63) is 65.7 Å². The van der Waals surface area contributed by atoms with E-state index in [-0.39, 0.29) is 11.4 Å². The van der Waals surface area contributed by atoms with Crippen LogP contribution in [0.1, 0.15) is 24.0 Å². The zero-order valence-electron chi connectivity index (χ0n) is 13.3. The van der Waals surface area contributed by atoms with Gasteiger partial charge in [0.15, 0.2) is 0 Å². The Morgan fingerprint density at radius 1 is 1.04 bits per heavy atom. The second-order valence-corrected chi connectivity index (χ2v) is 5.99. The molecule has 2 aromatic carbocycles. The van der Waals surface area contributed by atoms with Crippen molar-refractivity contribution in [3.63, 3.8) is 0 Å². The molecule has 0 heterocycles. The Hall–Kier alpha value is -2.49. The third-order valence-electron chi connectivity index (χ3n) is 4.46. The maximum Gasteiger partial charge on any atom is 0.315 e. The van der Waals surface area contributed by atoms with Gasteiger partial charge in [-0.05, 0) is 24.5 Å². The van der Waals surface area contributed by atoms with Gasteiger partial charge in [-0.25, -0.2) is 4.79 Å². The van der Waals surface area contributed by atoms with E-state index in [9.17, 15) is 4.79 Å². The zero-order chi connectivity index (χ0) is 16.1. The van der Waals surface area contributed by atoms with Crippen LogP contribution in [0.3, 0.4) is 0 Å². The molecule has 1 fully saturated rings. The second-order valence-electron chi connectivity index (χ2n) is 5.99. The highest BCUT2D eigenvalue weighted by atomic mass is 16.5. The molecule has 23 heavy (non-hydrogen) atoms. The van der Waals surface area contributed by atoms with Crippen LogP contribution in [-0.4, -0.2) is 19.7 Å². The normalized spacial score (nSPS) is 14.8. The minimum atomic E-state index is -0.141. The molecule has 2 aromatic rings. The summed E-state index contributed by atoms with van der Waals surface area (Å²) >= 11 is 0. The average molecular weight is 310 g/mol. The first-order chi connectivity index (χ1) is 11.2. The highest BCUT2D eigenvalue weighted by Gasteiger charge is 2.44. The standard InChI is InChI=1S/C19H22N2O2/c1-23-17-10-6-5-7-15(17)13-20-18(22)21-14-19(11-12-19)16-8-3-2-4-9-16/h2-10H,11-14H2,1H3,(H2,20,21,22). The van der Waals surface area contributed by atoms with Crippen LogP contribution >= 0.6 is 0 Å². The molecule has 0 atom stereocenters. The number of hydrogen-bond donors (Lipinski definition) is 2. The van der Waals surface area contributed by atoms with Gasteiger partial charge in [0.05, 0.1) is 7.11 Å². The highest BCUT2D eigenvalue weighted by molar-refractivity contribution is 5.74. The number of ether oxygens (including phenoxy) is 1. The van der Waals surface area contributed by atoms with Gasteiger partial charge in [-0.3, -0.25) is 0 Å². The SMILES string of the molecule is COc1ccccc1CNC(=O)NCC1(c2ccccc2)CC1. The van der Waals surface area contributed by atoms with Gasteiger partial charge in [-0.2, -0.15) is 0 Å². The number of hydrogen-bond acceptors (Lipinski definition) is 2. The van der Waals surface area contributed by atoms with Crippen molar-refractivity contribution >= 4 is 6.03 Å². The summed E-state index contributed by atoms with van der Waals surface area (Å²) in [6.45, 7) is 1.13. The number of amides is 2. The van der Waals surface area contributed by atoms with Gasteiger partial charge in [0.2, 0.25) is 0 Å². The number of carbonyl (C=O) groups excluding carboxylic acids is 1. The van der Waals surface area contributed by atoms with E-state index in [0.717, 1.165) is 24.2 Å². The first kappa shape index (κ1) is 15.4. The van der Waals surface area contributed by atoms with E-state index in [4.69, 9.17) is 4.74 Å². The van der Waals surface area contributed by atoms with Gasteiger partial charge in [0.25, 0.3) is 0 Å². The number of methoxy groups -OCH3 is 1. The summed E-state index contributed by atoms with van der Waals surface area (Å²) in [6, 6.07) is 18.0. The molecule has 0 aliphatic heterocycles. The lowest BCUT2D eigenvalue weighted by molar-refractivity contribution is 0.239. The Balaban J connectivity index is 1.51. The maximum atomic E-state index is 12.1. The second kappa shape index (κ2) is 6.73. The molecule has 4 nitrogen and oxygen atoms in total. The molecule has 0 aromatic heterocycles. The Kier molecular flexibility index (Phi) is 4.51. The van der Waals surface area contributed by atoms with Crippen LogP contribution in [0.15, 0.2) is 54.6 Å². The summed E-state index contributed by atoms with van der Waals surface area (Å²) in [5.41, 5.74) is 2.41.